The van der Waals surface area contributed by atoms with Crippen LogP contribution in [0.25, 0.3) is 5.69 Å². The van der Waals surface area contributed by atoms with Crippen LogP contribution in [0.1, 0.15) is 31.1 Å². The van der Waals surface area contributed by atoms with Crippen LogP contribution < -0.4 is 0 Å². The van der Waals surface area contributed by atoms with Gasteiger partial charge in [0.1, 0.15) is 0 Å². The Balaban J connectivity index is 2.19. The van der Waals surface area contributed by atoms with E-state index in [0.29, 0.717) is 5.56 Å². The van der Waals surface area contributed by atoms with Gasteiger partial charge in [0.05, 0.1) is 19.0 Å². The molecule has 0 bridgehead atoms. The van der Waals surface area contributed by atoms with Crippen molar-refractivity contribution >= 4 is 5.91 Å². The molecule has 5 heteroatoms. The number of carbonyl (C=O) groups is 1. The van der Waals surface area contributed by atoms with Gasteiger partial charge in [-0.3, -0.25) is 4.79 Å². The van der Waals surface area contributed by atoms with Gasteiger partial charge in [0, 0.05) is 30.7 Å². The van der Waals surface area contributed by atoms with Gasteiger partial charge < -0.3 is 14.6 Å². The molecule has 0 spiro atoms. The lowest BCUT2D eigenvalue weighted by atomic mass is 9.86. The molecule has 1 unspecified atom stereocenters. The Morgan fingerprint density at radius 3 is 2.41 bits per heavy atom. The minimum absolute atomic E-state index is 0.0567. The van der Waals surface area contributed by atoms with Crippen LogP contribution in [-0.2, 0) is 0 Å². The number of hydrogen-bond acceptors (Lipinski definition) is 3. The fourth-order valence-corrected chi connectivity index (χ4v) is 2.51. The third-order valence-electron chi connectivity index (χ3n) is 3.88. The van der Waals surface area contributed by atoms with Crippen LogP contribution >= 0.6 is 0 Å². The van der Waals surface area contributed by atoms with Crippen LogP contribution in [0.15, 0.2) is 43.0 Å². The first-order chi connectivity index (χ1) is 10.3. The second-order valence-electron chi connectivity index (χ2n) is 6.50. The smallest absolute Gasteiger partial charge is 0.253 e. The number of aliphatic hydroxyl groups excluding tert-OH is 1. The summed E-state index contributed by atoms with van der Waals surface area (Å²) >= 11 is 0. The second-order valence-corrected chi connectivity index (χ2v) is 6.50. The first-order valence-corrected chi connectivity index (χ1v) is 7.31. The highest BCUT2D eigenvalue weighted by atomic mass is 16.3. The molecule has 1 aromatic heterocycles. The van der Waals surface area contributed by atoms with Crippen molar-refractivity contribution in [2.75, 3.05) is 13.7 Å². The number of amides is 1. The maximum atomic E-state index is 12.6. The van der Waals surface area contributed by atoms with Crippen molar-refractivity contribution in [1.29, 1.82) is 0 Å². The summed E-state index contributed by atoms with van der Waals surface area (Å²) in [4.78, 5) is 18.2. The highest BCUT2D eigenvalue weighted by molar-refractivity contribution is 5.94. The summed E-state index contributed by atoms with van der Waals surface area (Å²) in [7, 11) is 1.73. The Morgan fingerprint density at radius 1 is 1.32 bits per heavy atom. The summed E-state index contributed by atoms with van der Waals surface area (Å²) in [5.41, 5.74) is 1.37. The number of nitrogens with zero attached hydrogens (tertiary/aromatic N) is 3. The van der Waals surface area contributed by atoms with Gasteiger partial charge in [-0.1, -0.05) is 20.8 Å². The highest BCUT2D eigenvalue weighted by Crippen LogP contribution is 2.24. The van der Waals surface area contributed by atoms with Gasteiger partial charge in [0.2, 0.25) is 0 Å². The van der Waals surface area contributed by atoms with E-state index in [2.05, 4.69) is 4.98 Å². The van der Waals surface area contributed by atoms with Crippen LogP contribution in [-0.4, -0.2) is 45.2 Å². The zero-order valence-electron chi connectivity index (χ0n) is 13.5. The molecular weight excluding hydrogens is 278 g/mol. The Hall–Kier alpha value is -2.14. The number of benzene rings is 1. The van der Waals surface area contributed by atoms with Crippen LogP contribution in [0, 0.1) is 5.41 Å². The molecular formula is C17H23N3O2. The molecule has 1 amide bonds. The summed E-state index contributed by atoms with van der Waals surface area (Å²) in [6.07, 6.45) is 5.27. The molecule has 5 nitrogen and oxygen atoms in total. The monoisotopic (exact) mass is 301 g/mol. The predicted octanol–water partition coefficient (Wildman–Crippen LogP) is 2.35. The molecule has 2 rings (SSSR count). The molecule has 0 radical (unpaired) electrons. The summed E-state index contributed by atoms with van der Waals surface area (Å²) in [6.45, 7) is 5.98. The van der Waals surface area contributed by atoms with Crippen LogP contribution in [0.5, 0.6) is 0 Å². The summed E-state index contributed by atoms with van der Waals surface area (Å²) in [5.74, 6) is -0.0915. The van der Waals surface area contributed by atoms with E-state index in [0.717, 1.165) is 5.69 Å². The minimum Gasteiger partial charge on any atom is -0.394 e. The molecule has 0 saturated heterocycles. The van der Waals surface area contributed by atoms with E-state index in [-0.39, 0.29) is 24.0 Å². The Kier molecular flexibility index (Phi) is 4.66. The van der Waals surface area contributed by atoms with E-state index >= 15 is 0 Å². The van der Waals surface area contributed by atoms with Crippen molar-refractivity contribution in [1.82, 2.24) is 14.5 Å². The number of rotatable bonds is 4. The quantitative estimate of drug-likeness (QED) is 0.943. The molecule has 0 aliphatic rings. The molecule has 0 aliphatic carbocycles. The van der Waals surface area contributed by atoms with Gasteiger partial charge in [-0.05, 0) is 29.7 Å². The van der Waals surface area contributed by atoms with Gasteiger partial charge in [-0.15, -0.1) is 0 Å². The Labute approximate surface area is 131 Å². The maximum Gasteiger partial charge on any atom is 0.253 e. The molecule has 0 fully saturated rings. The fourth-order valence-electron chi connectivity index (χ4n) is 2.51. The number of imidazole rings is 1. The van der Waals surface area contributed by atoms with Crippen molar-refractivity contribution < 1.29 is 9.90 Å². The molecule has 1 N–H and O–H groups in total. The van der Waals surface area contributed by atoms with E-state index in [1.807, 2.05) is 43.7 Å². The molecule has 2 aromatic rings. The van der Waals surface area contributed by atoms with Gasteiger partial charge in [0.15, 0.2) is 0 Å². The zero-order valence-corrected chi connectivity index (χ0v) is 13.5. The molecule has 0 aliphatic heterocycles. The van der Waals surface area contributed by atoms with E-state index < -0.39 is 0 Å². The number of likely N-dealkylation sites (N-methyl/N-ethyl adjacent to an activating group) is 1. The lowest BCUT2D eigenvalue weighted by molar-refractivity contribution is 0.0434. The van der Waals surface area contributed by atoms with Gasteiger partial charge in [-0.2, -0.15) is 0 Å². The lowest BCUT2D eigenvalue weighted by Crippen LogP contribution is -2.47. The number of aliphatic hydroxyl groups is 1. The Morgan fingerprint density at radius 2 is 1.95 bits per heavy atom. The highest BCUT2D eigenvalue weighted by Gasteiger charge is 2.30. The summed E-state index contributed by atoms with van der Waals surface area (Å²) in [6, 6.07) is 7.13. The van der Waals surface area contributed by atoms with Crippen LogP contribution in [0.3, 0.4) is 0 Å². The SMILES string of the molecule is CN(C(=O)c1ccc(-n2ccnc2)cc1)C(CO)C(C)(C)C. The van der Waals surface area contributed by atoms with Crippen molar-refractivity contribution in [2.45, 2.75) is 26.8 Å². The van der Waals surface area contributed by atoms with Gasteiger partial charge in [-0.25, -0.2) is 4.98 Å². The van der Waals surface area contributed by atoms with Crippen molar-refractivity contribution in [3.05, 3.63) is 48.5 Å². The topological polar surface area (TPSA) is 58.4 Å². The van der Waals surface area contributed by atoms with Gasteiger partial charge in [0.25, 0.3) is 5.91 Å². The molecule has 118 valence electrons. The molecule has 1 aromatic carbocycles. The van der Waals surface area contributed by atoms with E-state index in [1.54, 1.807) is 36.6 Å². The van der Waals surface area contributed by atoms with Crippen molar-refractivity contribution in [3.63, 3.8) is 0 Å². The third kappa shape index (κ3) is 3.36. The standard InChI is InChI=1S/C17H23N3O2/c1-17(2,3)15(11-21)19(4)16(22)13-5-7-14(8-6-13)20-10-9-18-12-20/h5-10,12,15,21H,11H2,1-4H3. The van der Waals surface area contributed by atoms with Crippen molar-refractivity contribution in [2.24, 2.45) is 5.41 Å². The third-order valence-corrected chi connectivity index (χ3v) is 3.88. The van der Waals surface area contributed by atoms with Crippen LogP contribution in [0.2, 0.25) is 0 Å². The predicted molar refractivity (Wildman–Crippen MR) is 86.0 cm³/mol. The zero-order chi connectivity index (χ0) is 16.3. The molecule has 1 heterocycles. The van der Waals surface area contributed by atoms with E-state index in [9.17, 15) is 9.90 Å². The first-order valence-electron chi connectivity index (χ1n) is 7.31. The molecule has 0 saturated carbocycles. The fraction of sp³-hybridized carbons (Fsp3) is 0.412. The van der Waals surface area contributed by atoms with Crippen LogP contribution in [0.4, 0.5) is 0 Å². The lowest BCUT2D eigenvalue weighted by Gasteiger charge is -2.36. The second kappa shape index (κ2) is 6.32. The summed E-state index contributed by atoms with van der Waals surface area (Å²) < 4.78 is 1.88. The van der Waals surface area contributed by atoms with Gasteiger partial charge >= 0.3 is 0 Å². The average Bonchev–Trinajstić information content (AvgIpc) is 3.00. The normalized spacial score (nSPS) is 13.0. The summed E-state index contributed by atoms with van der Waals surface area (Å²) in [5, 5.41) is 9.59. The van der Waals surface area contributed by atoms with Crippen molar-refractivity contribution in [3.8, 4) is 5.69 Å². The maximum absolute atomic E-state index is 12.6. The molecule has 1 atom stereocenters. The Bertz CT molecular complexity index is 612. The van der Waals surface area contributed by atoms with E-state index in [1.165, 1.54) is 0 Å². The number of aromatic nitrogens is 2. The average molecular weight is 301 g/mol. The molecule has 22 heavy (non-hydrogen) atoms. The first kappa shape index (κ1) is 16.2. The largest absolute Gasteiger partial charge is 0.394 e. The number of carbonyl (C=O) groups excluding carboxylic acids is 1. The number of hydrogen-bond donors (Lipinski definition) is 1. The minimum atomic E-state index is -0.228. The van der Waals surface area contributed by atoms with E-state index in [4.69, 9.17) is 0 Å².